The van der Waals surface area contributed by atoms with E-state index in [4.69, 9.17) is 5.11 Å². The molecule has 0 saturated carbocycles. The van der Waals surface area contributed by atoms with E-state index >= 15 is 0 Å². The first-order chi connectivity index (χ1) is 12.1. The van der Waals surface area contributed by atoms with Gasteiger partial charge in [-0.05, 0) is 0 Å². The van der Waals surface area contributed by atoms with Crippen LogP contribution in [0.15, 0.2) is 12.1 Å². The van der Waals surface area contributed by atoms with Crippen LogP contribution in [0.1, 0.15) is 5.69 Å². The molecular weight excluding hydrogens is 375 g/mol. The molecule has 13 heteroatoms. The lowest BCUT2D eigenvalue weighted by Gasteiger charge is -2.14. The molecule has 0 saturated heterocycles. The number of benzene rings is 1. The van der Waals surface area contributed by atoms with Gasteiger partial charge in [0.25, 0.3) is 0 Å². The number of halogens is 7. The van der Waals surface area contributed by atoms with E-state index in [1.54, 1.807) is 5.43 Å². The molecule has 2 rings (SSSR count). The molecule has 2 aromatic rings. The molecule has 0 unspecified atom stereocenters. The number of nitrogens with zero attached hydrogens (tertiary/aromatic N) is 2. The minimum Gasteiger partial charge on any atom is -0.395 e. The van der Waals surface area contributed by atoms with E-state index in [1.807, 2.05) is 5.43 Å². The molecule has 1 aromatic heterocycles. The van der Waals surface area contributed by atoms with Gasteiger partial charge < -0.3 is 10.4 Å². The maximum atomic E-state index is 13.5. The fourth-order valence-electron chi connectivity index (χ4n) is 1.71. The fraction of sp³-hybridized carbons (Fsp3) is 0.231. The van der Waals surface area contributed by atoms with Gasteiger partial charge in [-0.1, -0.05) is 0 Å². The topological polar surface area (TPSA) is 82.1 Å². The summed E-state index contributed by atoms with van der Waals surface area (Å²) in [5.41, 5.74) is 0.930. The second-order valence-electron chi connectivity index (χ2n) is 4.70. The van der Waals surface area contributed by atoms with Crippen LogP contribution in [0.3, 0.4) is 0 Å². The molecule has 0 bridgehead atoms. The van der Waals surface area contributed by atoms with Crippen molar-refractivity contribution in [2.75, 3.05) is 29.3 Å². The van der Waals surface area contributed by atoms with Crippen LogP contribution in [0.2, 0.25) is 0 Å². The van der Waals surface area contributed by atoms with E-state index in [0.29, 0.717) is 6.07 Å². The summed E-state index contributed by atoms with van der Waals surface area (Å²) in [6.07, 6.45) is -4.88. The lowest BCUT2D eigenvalue weighted by Crippen LogP contribution is -2.18. The maximum Gasteiger partial charge on any atom is 0.433 e. The van der Waals surface area contributed by atoms with Crippen molar-refractivity contribution < 1.29 is 35.8 Å². The molecule has 0 aliphatic heterocycles. The monoisotopic (exact) mass is 385 g/mol. The molecule has 4 N–H and O–H groups in total. The molecule has 26 heavy (non-hydrogen) atoms. The average molecular weight is 385 g/mol. The summed E-state index contributed by atoms with van der Waals surface area (Å²) < 4.78 is 91.8. The molecule has 0 aliphatic carbocycles. The van der Waals surface area contributed by atoms with Crippen molar-refractivity contribution in [3.05, 3.63) is 41.1 Å². The molecule has 142 valence electrons. The Balaban J connectivity index is 2.32. The number of alkyl halides is 3. The predicted octanol–water partition coefficient (Wildman–Crippen LogP) is 2.89. The minimum absolute atomic E-state index is 0.0286. The number of hydrogen-bond acceptors (Lipinski definition) is 6. The number of nitrogens with one attached hydrogen (secondary N) is 3. The largest absolute Gasteiger partial charge is 0.433 e. The van der Waals surface area contributed by atoms with E-state index in [0.717, 1.165) is 0 Å². The first-order valence-corrected chi connectivity index (χ1v) is 6.79. The molecular formula is C13H10F7N5O. The van der Waals surface area contributed by atoms with Crippen molar-refractivity contribution in [1.29, 1.82) is 0 Å². The van der Waals surface area contributed by atoms with Crippen molar-refractivity contribution in [2.45, 2.75) is 6.18 Å². The molecule has 0 spiro atoms. The van der Waals surface area contributed by atoms with Gasteiger partial charge in [0.05, 0.1) is 6.61 Å². The van der Waals surface area contributed by atoms with Crippen LogP contribution in [0.25, 0.3) is 0 Å². The third kappa shape index (κ3) is 4.41. The van der Waals surface area contributed by atoms with E-state index in [1.165, 1.54) is 0 Å². The van der Waals surface area contributed by atoms with Gasteiger partial charge in [-0.3, -0.25) is 10.9 Å². The highest BCUT2D eigenvalue weighted by Gasteiger charge is 2.34. The van der Waals surface area contributed by atoms with Crippen LogP contribution in [0, 0.1) is 23.3 Å². The highest BCUT2D eigenvalue weighted by atomic mass is 19.4. The highest BCUT2D eigenvalue weighted by molar-refractivity contribution is 5.53. The zero-order chi connectivity index (χ0) is 19.5. The third-order valence-electron chi connectivity index (χ3n) is 2.84. The normalized spacial score (nSPS) is 11.4. The van der Waals surface area contributed by atoms with Crippen LogP contribution in [0.5, 0.6) is 0 Å². The number of aliphatic hydroxyl groups excluding tert-OH is 1. The third-order valence-corrected chi connectivity index (χ3v) is 2.84. The Kier molecular flexibility index (Phi) is 5.69. The van der Waals surface area contributed by atoms with Gasteiger partial charge in [-0.15, -0.1) is 0 Å². The minimum atomic E-state index is -4.88. The van der Waals surface area contributed by atoms with Crippen LogP contribution >= 0.6 is 0 Å². The number of hydrazine groups is 1. The van der Waals surface area contributed by atoms with Crippen molar-refractivity contribution in [2.24, 2.45) is 0 Å². The van der Waals surface area contributed by atoms with Gasteiger partial charge in [0, 0.05) is 18.7 Å². The molecule has 0 radical (unpaired) electrons. The van der Waals surface area contributed by atoms with Crippen LogP contribution < -0.4 is 16.2 Å². The SMILES string of the molecule is OCCNc1nc(NNc2c(F)c(F)cc(F)c2F)cc(C(F)(F)F)n1. The van der Waals surface area contributed by atoms with Gasteiger partial charge in [-0.2, -0.15) is 18.2 Å². The Bertz CT molecular complexity index is 773. The summed E-state index contributed by atoms with van der Waals surface area (Å²) in [6.45, 7) is -0.605. The summed E-state index contributed by atoms with van der Waals surface area (Å²) in [5.74, 6) is -8.17. The van der Waals surface area contributed by atoms with E-state index in [-0.39, 0.29) is 12.6 Å². The molecule has 0 fully saturated rings. The first-order valence-electron chi connectivity index (χ1n) is 6.79. The lowest BCUT2D eigenvalue weighted by atomic mass is 10.2. The van der Waals surface area contributed by atoms with Gasteiger partial charge in [-0.25, -0.2) is 22.5 Å². The van der Waals surface area contributed by atoms with Crippen LogP contribution in [0.4, 0.5) is 48.2 Å². The lowest BCUT2D eigenvalue weighted by molar-refractivity contribution is -0.141. The van der Waals surface area contributed by atoms with Crippen molar-refractivity contribution in [3.8, 4) is 0 Å². The summed E-state index contributed by atoms with van der Waals surface area (Å²) in [6, 6.07) is 0.363. The Morgan fingerprint density at radius 3 is 2.08 bits per heavy atom. The predicted molar refractivity (Wildman–Crippen MR) is 76.1 cm³/mol. The fourth-order valence-corrected chi connectivity index (χ4v) is 1.71. The molecule has 0 aliphatic rings. The summed E-state index contributed by atoms with van der Waals surface area (Å²) in [7, 11) is 0. The molecule has 0 atom stereocenters. The highest BCUT2D eigenvalue weighted by Crippen LogP contribution is 2.30. The van der Waals surface area contributed by atoms with E-state index < -0.39 is 59.2 Å². The first kappa shape index (κ1) is 19.5. The smallest absolute Gasteiger partial charge is 0.395 e. The number of rotatable bonds is 6. The van der Waals surface area contributed by atoms with Crippen molar-refractivity contribution in [3.63, 3.8) is 0 Å². The quantitative estimate of drug-likeness (QED) is 0.348. The van der Waals surface area contributed by atoms with Crippen molar-refractivity contribution in [1.82, 2.24) is 9.97 Å². The Morgan fingerprint density at radius 2 is 1.54 bits per heavy atom. The zero-order valence-corrected chi connectivity index (χ0v) is 12.6. The van der Waals surface area contributed by atoms with Gasteiger partial charge >= 0.3 is 6.18 Å². The van der Waals surface area contributed by atoms with Gasteiger partial charge in [0.2, 0.25) is 5.95 Å². The Hall–Kier alpha value is -2.83. The maximum absolute atomic E-state index is 13.5. The Labute approximate surface area is 141 Å². The van der Waals surface area contributed by atoms with Gasteiger partial charge in [0.15, 0.2) is 34.8 Å². The second kappa shape index (κ2) is 7.59. The molecule has 1 aromatic carbocycles. The number of anilines is 3. The van der Waals surface area contributed by atoms with Gasteiger partial charge in [0.1, 0.15) is 5.69 Å². The summed E-state index contributed by atoms with van der Waals surface area (Å²) >= 11 is 0. The molecule has 0 amide bonds. The zero-order valence-electron chi connectivity index (χ0n) is 12.6. The standard InChI is InChI=1S/C13H10F7N5O/c14-5-3-6(15)10(17)11(9(5)16)25-24-8-4-7(13(18,19)20)22-12(23-8)21-1-2-26/h3-4,25-26H,1-2H2,(H2,21,22,23,24). The van der Waals surface area contributed by atoms with Crippen LogP contribution in [-0.2, 0) is 6.18 Å². The molecule has 1 heterocycles. The Morgan fingerprint density at radius 1 is 0.923 bits per heavy atom. The van der Waals surface area contributed by atoms with Crippen molar-refractivity contribution >= 4 is 17.5 Å². The summed E-state index contributed by atoms with van der Waals surface area (Å²) in [4.78, 5) is 6.73. The number of aromatic nitrogens is 2. The summed E-state index contributed by atoms with van der Waals surface area (Å²) in [5, 5.41) is 10.9. The van der Waals surface area contributed by atoms with Crippen LogP contribution in [-0.4, -0.2) is 28.2 Å². The number of hydrogen-bond donors (Lipinski definition) is 4. The average Bonchev–Trinajstić information content (AvgIpc) is 2.57. The number of aliphatic hydroxyl groups is 1. The van der Waals surface area contributed by atoms with E-state index in [9.17, 15) is 30.7 Å². The van der Waals surface area contributed by atoms with E-state index in [2.05, 4.69) is 15.3 Å². The molecule has 6 nitrogen and oxygen atoms in total. The second-order valence-corrected chi connectivity index (χ2v) is 4.70.